The molecule has 74 valence electrons. The van der Waals surface area contributed by atoms with Crippen molar-refractivity contribution < 1.29 is 0 Å². The Labute approximate surface area is 89.3 Å². The van der Waals surface area contributed by atoms with Crippen LogP contribution >= 0.6 is 23.8 Å². The van der Waals surface area contributed by atoms with E-state index >= 15 is 0 Å². The van der Waals surface area contributed by atoms with Gasteiger partial charge in [-0.3, -0.25) is 0 Å². The van der Waals surface area contributed by atoms with E-state index in [1.54, 1.807) is 0 Å². The van der Waals surface area contributed by atoms with Gasteiger partial charge < -0.3 is 0 Å². The van der Waals surface area contributed by atoms with Gasteiger partial charge in [0.1, 0.15) is 0.594 Å². The van der Waals surface area contributed by atoms with Gasteiger partial charge >= 0.3 is 0 Å². The van der Waals surface area contributed by atoms with Crippen LogP contribution in [0.15, 0.2) is 0 Å². The predicted molar refractivity (Wildman–Crippen MR) is 72.4 cm³/mol. The number of halogens is 1. The van der Waals surface area contributed by atoms with Crippen molar-refractivity contribution in [2.24, 2.45) is 0 Å². The summed E-state index contributed by atoms with van der Waals surface area (Å²) < 4.78 is 5.72. The number of terminal acetylenes is 1. The largest absolute Gasteiger partial charge is 0.124 e. The molecule has 0 heterocycles. The maximum atomic E-state index is 5.72. The van der Waals surface area contributed by atoms with Crippen LogP contribution in [0.2, 0.25) is 0 Å². The zero-order valence-corrected chi connectivity index (χ0v) is 3.69. The summed E-state index contributed by atoms with van der Waals surface area (Å²) in [6.07, 6.45) is 8.00. The van der Waals surface area contributed by atoms with E-state index in [4.69, 9.17) is 0.594 Å². The number of hydrogen-bond acceptors (Lipinski definition) is 0. The Morgan fingerprint density at radius 2 is 0.600 bits per heavy atom. The van der Waals surface area contributed by atoms with E-state index in [9.17, 15) is 0 Å². The van der Waals surface area contributed by atoms with Crippen molar-refractivity contribution in [3.05, 3.63) is 0 Å². The van der Waals surface area contributed by atoms with Gasteiger partial charge in [0.25, 0.3) is 0 Å². The quantitative estimate of drug-likeness (QED) is 0.411. The minimum atomic E-state index is 0. The van der Waals surface area contributed by atoms with Gasteiger partial charge in [-0.05, 0) is 0 Å². The third-order valence-electron chi connectivity index (χ3n) is 0. The molecule has 10 heavy (non-hydrogen) atoms. The summed E-state index contributed by atoms with van der Waals surface area (Å²) >= 11 is 1.40. The highest BCUT2D eigenvalue weighted by atomic mass is 127. The molecule has 0 aromatic rings. The van der Waals surface area contributed by atoms with Gasteiger partial charge in [0.05, 0.1) is 0 Å². The normalized spacial score (nSPS) is 0.900. The maximum Gasteiger partial charge on any atom is 0.107 e. The summed E-state index contributed by atoms with van der Waals surface area (Å²) in [6.45, 7) is 0. The molecule has 0 aliphatic heterocycles. The molecule has 0 N–H and O–H groups in total. The monoisotopic (exact) mass is 267 g/mol. The third kappa shape index (κ3) is 5240. The molecule has 0 aliphatic rings. The second kappa shape index (κ2) is 7590. The lowest BCUT2D eigenvalue weighted by atomic mass is 11.4. The minimum absolute atomic E-state index is 0. The first-order chi connectivity index (χ1) is 2.00. The lowest BCUT2D eigenvalue weighted by molar-refractivity contribution is 2.50. The van der Waals surface area contributed by atoms with Crippen LogP contribution in [0, 0.1) is 12.8 Å². The summed E-state index contributed by atoms with van der Waals surface area (Å²) in [4.78, 5) is 0. The van der Waals surface area contributed by atoms with Crippen LogP contribution in [0.5, 0.6) is 0 Å². The van der Waals surface area contributed by atoms with E-state index in [0.29, 0.717) is 0 Å². The Bertz CT molecular complexity index is 14.3. The van der Waals surface area contributed by atoms with E-state index in [2.05, 4.69) is 12.8 Å². The van der Waals surface area contributed by atoms with Crippen molar-refractivity contribution in [2.75, 3.05) is 0 Å². The Morgan fingerprint density at radius 1 is 0.600 bits per heavy atom. The molecule has 1 heteroatoms. The topological polar surface area (TPSA) is 0 Å². The van der Waals surface area contributed by atoms with Gasteiger partial charge in [0.2, 0.25) is 0 Å². The molecule has 0 bridgehead atoms. The molecule has 0 rings (SSSR count). The highest BCUT2D eigenvalue weighted by Gasteiger charge is 0.454. The first kappa shape index (κ1) is 169. The molecule has 0 aliphatic carbocycles. The van der Waals surface area contributed by atoms with Gasteiger partial charge in [-0.1, -0.05) is 52.0 Å². The molecular formula is C9H31I. The SMILES string of the molecule is C.C.C.C.C.C.C.C#C.[2H]I. The van der Waals surface area contributed by atoms with E-state index in [-0.39, 0.29) is 52.0 Å². The highest BCUT2D eigenvalue weighted by Crippen LogP contribution is 0.886. The second-order valence-electron chi connectivity index (χ2n) is 0. The zero-order valence-electron chi connectivity index (χ0n) is 2.53. The average Bonchev–Trinajstić information content (AvgIpc) is 1.50. The van der Waals surface area contributed by atoms with Crippen LogP contribution in [0.25, 0.3) is 0 Å². The van der Waals surface area contributed by atoms with Crippen molar-refractivity contribution in [2.45, 2.75) is 52.0 Å². The standard InChI is InChI=1S/C2H2.7CH4.HI/c1-2;;;;;;;;/h1-2H;7*1H4;1H/i/hD. The molecule has 0 radical (unpaired) electrons. The second-order valence-corrected chi connectivity index (χ2v) is 0. The van der Waals surface area contributed by atoms with Gasteiger partial charge in [-0.25, -0.2) is 0 Å². The van der Waals surface area contributed by atoms with E-state index in [1.165, 1.54) is 23.8 Å². The van der Waals surface area contributed by atoms with Crippen molar-refractivity contribution in [1.29, 1.82) is 0.594 Å². The fourth-order valence-corrected chi connectivity index (χ4v) is 0. The summed E-state index contributed by atoms with van der Waals surface area (Å²) in [5, 5.41) is 0. The Morgan fingerprint density at radius 3 is 0.600 bits per heavy atom. The molecule has 0 aromatic heterocycles. The van der Waals surface area contributed by atoms with Gasteiger partial charge in [0.15, 0.2) is 0 Å². The van der Waals surface area contributed by atoms with Crippen LogP contribution in [-0.4, -0.2) is 0.594 Å². The van der Waals surface area contributed by atoms with Gasteiger partial charge in [-0.15, -0.1) is 36.6 Å². The Hall–Kier alpha value is 0.290. The molecule has 0 atom stereocenters. The first-order valence-electron chi connectivity index (χ1n) is 0.711. The molecule has 0 spiro atoms. The minimum Gasteiger partial charge on any atom is -0.124 e. The molecular weight excluding hydrogens is 235 g/mol. The van der Waals surface area contributed by atoms with Crippen LogP contribution in [-0.2, 0) is 0 Å². The number of hydrogen-bond donors (Lipinski definition) is 0. The fraction of sp³-hybridized carbons (Fsp3) is 0.778. The van der Waals surface area contributed by atoms with Gasteiger partial charge in [0, 0.05) is 0 Å². The summed E-state index contributed by atoms with van der Waals surface area (Å²) in [5.41, 5.74) is 0. The Balaban J connectivity index is -0.000000000635. The van der Waals surface area contributed by atoms with E-state index in [1.807, 2.05) is 0 Å². The fourth-order valence-electron chi connectivity index (χ4n) is 0. The third-order valence-corrected chi connectivity index (χ3v) is 0. The van der Waals surface area contributed by atoms with E-state index < -0.39 is 0 Å². The number of rotatable bonds is 0. The first-order valence-corrected chi connectivity index (χ1v) is 0.333. The van der Waals surface area contributed by atoms with Crippen LogP contribution in [0.3, 0.4) is 0 Å². The molecule has 0 saturated heterocycles. The average molecular weight is 267 g/mol. The summed E-state index contributed by atoms with van der Waals surface area (Å²) in [5.74, 6) is 0. The molecule has 0 nitrogen and oxygen atoms in total. The lowest BCUT2D eigenvalue weighted by Gasteiger charge is -0.701. The van der Waals surface area contributed by atoms with E-state index in [0.717, 1.165) is 0 Å². The molecule has 0 aromatic carbocycles. The molecule has 0 unspecified atom stereocenters. The zero-order chi connectivity index (χ0) is 4.00. The summed E-state index contributed by atoms with van der Waals surface area (Å²) in [6, 6.07) is 0. The summed E-state index contributed by atoms with van der Waals surface area (Å²) in [7, 11) is 0. The van der Waals surface area contributed by atoms with Crippen molar-refractivity contribution in [3.63, 3.8) is 0 Å². The van der Waals surface area contributed by atoms with Crippen LogP contribution < -0.4 is 0 Å². The lowest BCUT2D eigenvalue weighted by Crippen LogP contribution is -0.576. The van der Waals surface area contributed by atoms with Crippen LogP contribution in [0.1, 0.15) is 52.0 Å². The van der Waals surface area contributed by atoms with Crippen molar-refractivity contribution >= 4 is 23.8 Å². The maximum absolute atomic E-state index is 5.72. The highest BCUT2D eigenvalue weighted by molar-refractivity contribution is 14.0. The van der Waals surface area contributed by atoms with Crippen molar-refractivity contribution in [1.82, 2.24) is 0 Å². The molecule has 0 fully saturated rings. The van der Waals surface area contributed by atoms with Crippen LogP contribution in [0.4, 0.5) is 0 Å². The van der Waals surface area contributed by atoms with Crippen molar-refractivity contribution in [3.8, 4) is 12.8 Å². The smallest absolute Gasteiger partial charge is 0.107 e. The molecule has 0 saturated carbocycles. The van der Waals surface area contributed by atoms with Gasteiger partial charge in [-0.2, -0.15) is 0 Å². The Kier molecular flexibility index (Phi) is 129000. The molecule has 0 amide bonds. The predicted octanol–water partition coefficient (Wildman–Crippen LogP) is 5.32.